The van der Waals surface area contributed by atoms with E-state index < -0.39 is 41.1 Å². The van der Waals surface area contributed by atoms with Crippen LogP contribution in [0, 0.1) is 11.3 Å². The summed E-state index contributed by atoms with van der Waals surface area (Å²) in [4.78, 5) is 38.6. The normalized spacial score (nSPS) is 20.8. The molecule has 170 valence electrons. The second-order valence-corrected chi connectivity index (χ2v) is 9.44. The summed E-state index contributed by atoms with van der Waals surface area (Å²) < 4.78 is 10.9. The van der Waals surface area contributed by atoms with Gasteiger partial charge >= 0.3 is 5.97 Å². The van der Waals surface area contributed by atoms with E-state index in [0.29, 0.717) is 0 Å². The quantitative estimate of drug-likeness (QED) is 0.488. The van der Waals surface area contributed by atoms with Crippen LogP contribution in [-0.4, -0.2) is 35.7 Å². The van der Waals surface area contributed by atoms with Crippen LogP contribution < -0.4 is 10.6 Å². The molecule has 1 aliphatic rings. The lowest BCUT2D eigenvalue weighted by molar-refractivity contribution is -0.162. The molecule has 1 fully saturated rings. The van der Waals surface area contributed by atoms with Gasteiger partial charge in [-0.1, -0.05) is 57.2 Å². The predicted octanol–water partition coefficient (Wildman–Crippen LogP) is 3.27. The molecule has 7 nitrogen and oxygen atoms in total. The zero-order valence-corrected chi connectivity index (χ0v) is 19.2. The molecule has 0 unspecified atom stereocenters. The average Bonchev–Trinajstić information content (AvgIpc) is 2.95. The highest BCUT2D eigenvalue weighted by atomic mass is 16.8. The molecule has 7 heteroatoms. The van der Waals surface area contributed by atoms with Gasteiger partial charge in [-0.2, -0.15) is 0 Å². The van der Waals surface area contributed by atoms with Gasteiger partial charge in [-0.05, 0) is 24.3 Å². The number of hydrogen-bond donors (Lipinski definition) is 2. The lowest BCUT2D eigenvalue weighted by Gasteiger charge is -2.33. The van der Waals surface area contributed by atoms with E-state index in [4.69, 9.17) is 9.47 Å². The Hall–Kier alpha value is -2.67. The molecule has 0 aromatic heterocycles. The Morgan fingerprint density at radius 2 is 1.77 bits per heavy atom. The highest BCUT2D eigenvalue weighted by Gasteiger charge is 2.48. The third-order valence-electron chi connectivity index (χ3n) is 5.19. The maximum Gasteiger partial charge on any atom is 0.338 e. The zero-order chi connectivity index (χ0) is 23.4. The van der Waals surface area contributed by atoms with Crippen molar-refractivity contribution in [1.29, 1.82) is 0 Å². The van der Waals surface area contributed by atoms with Crippen LogP contribution in [-0.2, 0) is 23.9 Å². The molecule has 0 spiro atoms. The van der Waals surface area contributed by atoms with E-state index >= 15 is 0 Å². The maximum atomic E-state index is 13.2. The minimum atomic E-state index is -1.10. The number of nitrogens with one attached hydrogen (secondary N) is 2. The van der Waals surface area contributed by atoms with Crippen molar-refractivity contribution in [3.8, 4) is 0 Å². The van der Waals surface area contributed by atoms with Crippen molar-refractivity contribution in [3.05, 3.63) is 48.6 Å². The summed E-state index contributed by atoms with van der Waals surface area (Å²) in [5.41, 5.74) is 0.397. The summed E-state index contributed by atoms with van der Waals surface area (Å²) in [6, 6.07) is 8.54. The molecular weight excluding hydrogens is 396 g/mol. The van der Waals surface area contributed by atoms with Gasteiger partial charge < -0.3 is 20.1 Å². The van der Waals surface area contributed by atoms with E-state index in [2.05, 4.69) is 17.2 Å². The number of hydrogen-bond acceptors (Lipinski definition) is 5. The minimum Gasteiger partial charge on any atom is -0.432 e. The van der Waals surface area contributed by atoms with Crippen molar-refractivity contribution in [3.63, 3.8) is 0 Å². The molecule has 0 aliphatic carbocycles. The first kappa shape index (κ1) is 24.6. The first-order valence-corrected chi connectivity index (χ1v) is 10.5. The smallest absolute Gasteiger partial charge is 0.338 e. The van der Waals surface area contributed by atoms with E-state index in [1.807, 2.05) is 58.0 Å². The zero-order valence-electron chi connectivity index (χ0n) is 19.2. The van der Waals surface area contributed by atoms with Crippen molar-refractivity contribution in [2.45, 2.75) is 71.9 Å². The molecule has 31 heavy (non-hydrogen) atoms. The standard InChI is InChI=1S/C24H34N2O5/c1-8-12-17(18-22(29)31-24(6,7)30-18)20(27)26-19(23(3,4)5)21(28)25-15(2)16-13-10-9-11-14-16/h8-11,13-15,17-19H,1,12H2,2-7H3,(H,25,28)(H,26,27)/t15-,17-,18+,19-/m1/s1. The van der Waals surface area contributed by atoms with E-state index in [1.165, 1.54) is 0 Å². The number of amides is 2. The van der Waals surface area contributed by atoms with E-state index in [1.54, 1.807) is 19.9 Å². The lowest BCUT2D eigenvalue weighted by atomic mass is 9.85. The van der Waals surface area contributed by atoms with Crippen LogP contribution in [0.3, 0.4) is 0 Å². The molecule has 2 rings (SSSR count). The van der Waals surface area contributed by atoms with Crippen LogP contribution >= 0.6 is 0 Å². The summed E-state index contributed by atoms with van der Waals surface area (Å²) in [7, 11) is 0. The number of ether oxygens (including phenoxy) is 2. The Morgan fingerprint density at radius 1 is 1.16 bits per heavy atom. The number of rotatable bonds is 8. The average molecular weight is 431 g/mol. The molecule has 0 radical (unpaired) electrons. The second kappa shape index (κ2) is 9.64. The molecule has 0 saturated carbocycles. The Morgan fingerprint density at radius 3 is 2.26 bits per heavy atom. The Kier molecular flexibility index (Phi) is 7.65. The fourth-order valence-electron chi connectivity index (χ4n) is 3.52. The maximum absolute atomic E-state index is 13.2. The summed E-state index contributed by atoms with van der Waals surface area (Å²) in [5, 5.41) is 5.81. The number of allylic oxidation sites excluding steroid dienone is 1. The van der Waals surface area contributed by atoms with Gasteiger partial charge in [0.25, 0.3) is 0 Å². The molecule has 2 N–H and O–H groups in total. The van der Waals surface area contributed by atoms with Crippen molar-refractivity contribution in [2.24, 2.45) is 11.3 Å². The third kappa shape index (κ3) is 6.40. The number of benzene rings is 1. The van der Waals surface area contributed by atoms with Crippen molar-refractivity contribution in [1.82, 2.24) is 10.6 Å². The van der Waals surface area contributed by atoms with Crippen LogP contribution in [0.4, 0.5) is 0 Å². The molecular formula is C24H34N2O5. The molecule has 4 atom stereocenters. The molecule has 1 aromatic carbocycles. The monoisotopic (exact) mass is 430 g/mol. The van der Waals surface area contributed by atoms with Crippen LogP contribution in [0.1, 0.15) is 59.6 Å². The summed E-state index contributed by atoms with van der Waals surface area (Å²) in [6.07, 6.45) is 0.705. The number of carbonyl (C=O) groups excluding carboxylic acids is 3. The van der Waals surface area contributed by atoms with Crippen LogP contribution in [0.15, 0.2) is 43.0 Å². The predicted molar refractivity (Wildman–Crippen MR) is 118 cm³/mol. The number of carbonyl (C=O) groups is 3. The molecule has 1 heterocycles. The number of esters is 1. The first-order valence-electron chi connectivity index (χ1n) is 10.5. The molecule has 0 bridgehead atoms. The highest BCUT2D eigenvalue weighted by Crippen LogP contribution is 2.30. The van der Waals surface area contributed by atoms with Gasteiger partial charge in [0.15, 0.2) is 6.10 Å². The van der Waals surface area contributed by atoms with Gasteiger partial charge in [0.05, 0.1) is 12.0 Å². The summed E-state index contributed by atoms with van der Waals surface area (Å²) in [6.45, 7) is 14.4. The Bertz CT molecular complexity index is 813. The molecule has 1 saturated heterocycles. The third-order valence-corrected chi connectivity index (χ3v) is 5.19. The fourth-order valence-corrected chi connectivity index (χ4v) is 3.52. The first-order chi connectivity index (χ1) is 14.4. The van der Waals surface area contributed by atoms with E-state index in [0.717, 1.165) is 5.56 Å². The Balaban J connectivity index is 2.18. The summed E-state index contributed by atoms with van der Waals surface area (Å²) in [5.74, 6) is -3.31. The lowest BCUT2D eigenvalue weighted by Crippen LogP contribution is -2.56. The topological polar surface area (TPSA) is 93.7 Å². The van der Waals surface area contributed by atoms with Gasteiger partial charge in [-0.3, -0.25) is 9.59 Å². The Labute approximate surface area is 184 Å². The number of cyclic esters (lactones) is 1. The van der Waals surface area contributed by atoms with E-state index in [9.17, 15) is 14.4 Å². The van der Waals surface area contributed by atoms with Crippen LogP contribution in [0.2, 0.25) is 0 Å². The van der Waals surface area contributed by atoms with Crippen molar-refractivity contribution >= 4 is 17.8 Å². The van der Waals surface area contributed by atoms with Gasteiger partial charge in [0, 0.05) is 13.8 Å². The highest BCUT2D eigenvalue weighted by molar-refractivity contribution is 5.92. The van der Waals surface area contributed by atoms with Crippen LogP contribution in [0.5, 0.6) is 0 Å². The van der Waals surface area contributed by atoms with Gasteiger partial charge in [0.1, 0.15) is 6.04 Å². The van der Waals surface area contributed by atoms with Crippen molar-refractivity contribution < 1.29 is 23.9 Å². The van der Waals surface area contributed by atoms with Gasteiger partial charge in [-0.25, -0.2) is 4.79 Å². The molecule has 2 amide bonds. The van der Waals surface area contributed by atoms with Crippen molar-refractivity contribution in [2.75, 3.05) is 0 Å². The van der Waals surface area contributed by atoms with Gasteiger partial charge in [-0.15, -0.1) is 6.58 Å². The molecule has 1 aliphatic heterocycles. The summed E-state index contributed by atoms with van der Waals surface area (Å²) >= 11 is 0. The van der Waals surface area contributed by atoms with Crippen LogP contribution in [0.25, 0.3) is 0 Å². The second-order valence-electron chi connectivity index (χ2n) is 9.44. The minimum absolute atomic E-state index is 0.209. The van der Waals surface area contributed by atoms with Gasteiger partial charge in [0.2, 0.25) is 17.6 Å². The molecule has 1 aromatic rings. The van der Waals surface area contributed by atoms with E-state index in [-0.39, 0.29) is 18.4 Å². The largest absolute Gasteiger partial charge is 0.432 e. The SMILES string of the molecule is C=CC[C@@H](C(=O)N[C@H](C(=O)N[C@H](C)c1ccccc1)C(C)(C)C)[C@@H]1OC(C)(C)OC1=O. The fraction of sp³-hybridized carbons (Fsp3) is 0.542.